The summed E-state index contributed by atoms with van der Waals surface area (Å²) < 4.78 is 5.62. The third-order valence-electron chi connectivity index (χ3n) is 9.64. The fourth-order valence-electron chi connectivity index (χ4n) is 7.49. The summed E-state index contributed by atoms with van der Waals surface area (Å²) in [5.41, 5.74) is 6.74. The maximum atomic E-state index is 12.7. The number of likely N-dealkylation sites (tertiary alicyclic amines) is 1. The second-order valence-electron chi connectivity index (χ2n) is 11.4. The van der Waals surface area contributed by atoms with Crippen LogP contribution in [0.15, 0.2) is 18.2 Å². The van der Waals surface area contributed by atoms with Crippen molar-refractivity contribution in [3.63, 3.8) is 0 Å². The number of benzene rings is 1. The van der Waals surface area contributed by atoms with E-state index in [0.717, 1.165) is 55.6 Å². The lowest BCUT2D eigenvalue weighted by molar-refractivity contribution is -0.142. The molecule has 1 unspecified atom stereocenters. The topological polar surface area (TPSA) is 82.1 Å². The first-order valence-corrected chi connectivity index (χ1v) is 13.2. The molecule has 1 aromatic rings. The molecule has 0 aromatic heterocycles. The predicted molar refractivity (Wildman–Crippen MR) is 128 cm³/mol. The lowest BCUT2D eigenvalue weighted by Gasteiger charge is -2.36. The van der Waals surface area contributed by atoms with E-state index >= 15 is 0 Å². The molecular formula is C27H37N3O4. The number of hydrogen-bond donors (Lipinski definition) is 2. The van der Waals surface area contributed by atoms with E-state index in [1.54, 1.807) is 0 Å². The van der Waals surface area contributed by atoms with Gasteiger partial charge in [-0.1, -0.05) is 12.1 Å². The molecule has 3 heterocycles. The Morgan fingerprint density at radius 3 is 2.56 bits per heavy atom. The molecule has 6 rings (SSSR count). The quantitative estimate of drug-likeness (QED) is 0.700. The Balaban J connectivity index is 1.02. The number of anilines is 1. The second-order valence-corrected chi connectivity index (χ2v) is 11.4. The second kappa shape index (κ2) is 8.52. The number of carboxylic acid groups (broad SMARTS) is 1. The van der Waals surface area contributed by atoms with Crippen LogP contribution in [0, 0.1) is 17.3 Å². The minimum Gasteiger partial charge on any atom is -0.480 e. The SMILES string of the molecule is CN1NC(C(=O)O)c2ccc(C3CCC([C@H]4CC45CCN(C(=O)[C@H]4CCCO4)CC5)CC3)cc21. The molecule has 0 bridgehead atoms. The molecule has 1 spiro atoms. The first-order valence-electron chi connectivity index (χ1n) is 13.2. The highest BCUT2D eigenvalue weighted by Crippen LogP contribution is 2.65. The van der Waals surface area contributed by atoms with E-state index in [9.17, 15) is 14.7 Å². The predicted octanol–water partition coefficient (Wildman–Crippen LogP) is 3.85. The highest BCUT2D eigenvalue weighted by Gasteiger charge is 2.58. The van der Waals surface area contributed by atoms with Gasteiger partial charge in [0, 0.05) is 32.3 Å². The van der Waals surface area contributed by atoms with Crippen LogP contribution in [-0.2, 0) is 14.3 Å². The van der Waals surface area contributed by atoms with Crippen LogP contribution in [0.25, 0.3) is 0 Å². The Morgan fingerprint density at radius 2 is 1.88 bits per heavy atom. The van der Waals surface area contributed by atoms with Crippen LogP contribution in [0.5, 0.6) is 0 Å². The lowest BCUT2D eigenvalue weighted by atomic mass is 9.74. The molecule has 2 saturated carbocycles. The lowest BCUT2D eigenvalue weighted by Crippen LogP contribution is -2.44. The monoisotopic (exact) mass is 467 g/mol. The summed E-state index contributed by atoms with van der Waals surface area (Å²) in [6.45, 7) is 2.57. The average Bonchev–Trinajstić information content (AvgIpc) is 3.18. The number of rotatable bonds is 4. The van der Waals surface area contributed by atoms with E-state index in [1.807, 2.05) is 18.1 Å². The number of nitrogens with one attached hydrogen (secondary N) is 1. The van der Waals surface area contributed by atoms with Crippen molar-refractivity contribution < 1.29 is 19.4 Å². The Hall–Kier alpha value is -2.12. The summed E-state index contributed by atoms with van der Waals surface area (Å²) in [5, 5.41) is 11.3. The van der Waals surface area contributed by atoms with Gasteiger partial charge < -0.3 is 19.8 Å². The van der Waals surface area contributed by atoms with E-state index in [2.05, 4.69) is 22.5 Å². The molecule has 34 heavy (non-hydrogen) atoms. The average molecular weight is 468 g/mol. The van der Waals surface area contributed by atoms with Gasteiger partial charge in [0.1, 0.15) is 6.10 Å². The Labute approximate surface area is 201 Å². The molecule has 1 aromatic carbocycles. The van der Waals surface area contributed by atoms with E-state index in [0.29, 0.717) is 11.3 Å². The number of hydrogen-bond acceptors (Lipinski definition) is 5. The van der Waals surface area contributed by atoms with Crippen LogP contribution < -0.4 is 10.4 Å². The third-order valence-corrected chi connectivity index (χ3v) is 9.64. The van der Waals surface area contributed by atoms with E-state index in [1.165, 1.54) is 50.5 Å². The molecule has 2 N–H and O–H groups in total. The summed E-state index contributed by atoms with van der Waals surface area (Å²) in [5.74, 6) is 1.64. The zero-order valence-electron chi connectivity index (χ0n) is 20.2. The van der Waals surface area contributed by atoms with Crippen LogP contribution in [-0.4, -0.2) is 54.7 Å². The number of hydrazine groups is 1. The molecule has 2 saturated heterocycles. The van der Waals surface area contributed by atoms with Crippen molar-refractivity contribution in [2.75, 3.05) is 31.8 Å². The summed E-state index contributed by atoms with van der Waals surface area (Å²) in [7, 11) is 1.90. The molecule has 2 aliphatic carbocycles. The number of nitrogens with zero attached hydrogens (tertiary/aromatic N) is 2. The molecule has 3 aliphatic heterocycles. The van der Waals surface area contributed by atoms with Crippen LogP contribution in [0.1, 0.15) is 80.9 Å². The van der Waals surface area contributed by atoms with Crippen LogP contribution >= 0.6 is 0 Å². The number of piperidine rings is 1. The van der Waals surface area contributed by atoms with Crippen LogP contribution in [0.3, 0.4) is 0 Å². The summed E-state index contributed by atoms with van der Waals surface area (Å²) in [6, 6.07) is 5.71. The maximum Gasteiger partial charge on any atom is 0.327 e. The van der Waals surface area contributed by atoms with Gasteiger partial charge in [0.25, 0.3) is 5.91 Å². The van der Waals surface area contributed by atoms with Gasteiger partial charge in [0.2, 0.25) is 0 Å². The van der Waals surface area contributed by atoms with Crippen LogP contribution in [0.4, 0.5) is 5.69 Å². The number of aliphatic carboxylic acids is 1. The van der Waals surface area contributed by atoms with Gasteiger partial charge in [-0.15, -0.1) is 0 Å². The first kappa shape index (κ1) is 22.4. The number of amides is 1. The van der Waals surface area contributed by atoms with Crippen LogP contribution in [0.2, 0.25) is 0 Å². The minimum absolute atomic E-state index is 0.177. The zero-order valence-corrected chi connectivity index (χ0v) is 20.2. The molecular weight excluding hydrogens is 430 g/mol. The number of ether oxygens (including phenoxy) is 1. The molecule has 7 heteroatoms. The molecule has 184 valence electrons. The fourth-order valence-corrected chi connectivity index (χ4v) is 7.49. The van der Waals surface area contributed by atoms with Gasteiger partial charge in [-0.05, 0) is 92.6 Å². The first-order chi connectivity index (χ1) is 16.4. The van der Waals surface area contributed by atoms with E-state index < -0.39 is 12.0 Å². The number of fused-ring (bicyclic) bond motifs is 1. The summed E-state index contributed by atoms with van der Waals surface area (Å²) in [6.07, 6.45) is 10.5. The minimum atomic E-state index is -0.834. The van der Waals surface area contributed by atoms with Gasteiger partial charge in [0.15, 0.2) is 6.04 Å². The van der Waals surface area contributed by atoms with Crippen molar-refractivity contribution in [1.29, 1.82) is 0 Å². The standard InChI is InChI=1S/C27H37N3O4/c1-29-22-15-19(8-9-20(22)24(28-29)26(32)33)17-4-6-18(7-5-17)21-16-27(21)10-12-30(13-11-27)25(31)23-3-2-14-34-23/h8-9,15,17-18,21,23-24,28H,2-7,10-14,16H2,1H3,(H,32,33)/t17?,18?,21-,23-,24?/m1/s1. The third kappa shape index (κ3) is 3.81. The number of carbonyl (C=O) groups is 2. The Morgan fingerprint density at radius 1 is 1.12 bits per heavy atom. The van der Waals surface area contributed by atoms with Gasteiger partial charge in [0.05, 0.1) is 5.69 Å². The number of carboxylic acids is 1. The molecule has 7 nitrogen and oxygen atoms in total. The van der Waals surface area contributed by atoms with Crippen molar-refractivity contribution in [3.05, 3.63) is 29.3 Å². The highest BCUT2D eigenvalue weighted by molar-refractivity contribution is 5.82. The van der Waals surface area contributed by atoms with Gasteiger partial charge >= 0.3 is 5.97 Å². The maximum absolute atomic E-state index is 12.7. The molecule has 4 fully saturated rings. The van der Waals surface area contributed by atoms with Gasteiger partial charge in [-0.3, -0.25) is 9.59 Å². The molecule has 0 radical (unpaired) electrons. The van der Waals surface area contributed by atoms with Crippen molar-refractivity contribution in [2.24, 2.45) is 17.3 Å². The van der Waals surface area contributed by atoms with Crippen molar-refractivity contribution in [3.8, 4) is 0 Å². The number of carbonyl (C=O) groups excluding carboxylic acids is 1. The fraction of sp³-hybridized carbons (Fsp3) is 0.704. The normalized spacial score (nSPS) is 34.3. The van der Waals surface area contributed by atoms with E-state index in [-0.39, 0.29) is 12.0 Å². The smallest absolute Gasteiger partial charge is 0.327 e. The largest absolute Gasteiger partial charge is 0.480 e. The molecule has 5 aliphatic rings. The molecule has 3 atom stereocenters. The van der Waals surface area contributed by atoms with Gasteiger partial charge in [-0.25, -0.2) is 5.43 Å². The van der Waals surface area contributed by atoms with Crippen molar-refractivity contribution >= 4 is 17.6 Å². The Kier molecular flexibility index (Phi) is 5.60. The highest BCUT2D eigenvalue weighted by atomic mass is 16.5. The zero-order chi connectivity index (χ0) is 23.4. The van der Waals surface area contributed by atoms with Gasteiger partial charge in [-0.2, -0.15) is 0 Å². The Bertz CT molecular complexity index is 959. The van der Waals surface area contributed by atoms with Crippen molar-refractivity contribution in [2.45, 2.75) is 75.9 Å². The summed E-state index contributed by atoms with van der Waals surface area (Å²) >= 11 is 0. The summed E-state index contributed by atoms with van der Waals surface area (Å²) in [4.78, 5) is 26.3. The van der Waals surface area contributed by atoms with E-state index in [4.69, 9.17) is 4.74 Å². The van der Waals surface area contributed by atoms with Crippen molar-refractivity contribution in [1.82, 2.24) is 10.3 Å². The molecule has 1 amide bonds.